The zero-order chi connectivity index (χ0) is 57.4. The number of amides is 1. The van der Waals surface area contributed by atoms with Crippen LogP contribution in [0.3, 0.4) is 0 Å². The van der Waals surface area contributed by atoms with Gasteiger partial charge in [-0.25, -0.2) is 0 Å². The van der Waals surface area contributed by atoms with Gasteiger partial charge in [-0.15, -0.1) is 0 Å². The minimum Gasteiger partial charge on any atom is -0.394 e. The number of aliphatic hydroxyl groups is 8. The van der Waals surface area contributed by atoms with Crippen molar-refractivity contribution in [2.45, 2.75) is 248 Å². The summed E-state index contributed by atoms with van der Waals surface area (Å²) >= 11 is 0. The van der Waals surface area contributed by atoms with E-state index in [2.05, 4.69) is 135 Å². The molecule has 0 aliphatic carbocycles. The Kier molecular flexibility index (Phi) is 44.0. The van der Waals surface area contributed by atoms with E-state index in [9.17, 15) is 45.6 Å². The van der Waals surface area contributed by atoms with Gasteiger partial charge in [0.2, 0.25) is 5.91 Å². The number of nitrogens with one attached hydrogen (secondary N) is 1. The molecule has 2 heterocycles. The van der Waals surface area contributed by atoms with Gasteiger partial charge >= 0.3 is 0 Å². The van der Waals surface area contributed by atoms with E-state index in [-0.39, 0.29) is 18.9 Å². The Labute approximate surface area is 475 Å². The molecule has 2 saturated heterocycles. The summed E-state index contributed by atoms with van der Waals surface area (Å²) < 4.78 is 22.7. The smallest absolute Gasteiger partial charge is 0.220 e. The van der Waals surface area contributed by atoms with Crippen molar-refractivity contribution < 1.29 is 64.6 Å². The zero-order valence-corrected chi connectivity index (χ0v) is 48.0. The molecule has 12 unspecified atom stereocenters. The standard InChI is InChI=1S/C65H105NO13/c1-3-5-7-9-11-13-15-17-19-21-22-23-24-25-26-27-28-29-30-31-32-33-35-37-39-41-43-45-47-49-57(70)66-53(54(69)48-46-44-42-40-38-36-34-20-18-16-14-12-10-8-6-4-2)52-76-64-62(75)60(73)63(56(51-68)78-64)79-65-61(74)59(72)58(71)55(50-67)77-65/h5,7,11,13,17,19,22-23,25-26,28-29,31-32,35,37-38,40-41,43,46,48,53-56,58-65,67-69,71-75H,3-4,6,8-10,12,14-16,18,20-21,24,27,30,33-34,36,39,42,44-45,47,49-52H2,1-2H3,(H,66,70)/b7-5-,13-11-,19-17-,23-22-,26-25-,29-28-,32-31-,37-35-,40-38+,43-41-,48-46+. The van der Waals surface area contributed by atoms with Crippen molar-refractivity contribution >= 4 is 5.91 Å². The molecule has 2 fully saturated rings. The Morgan fingerprint density at radius 3 is 1.39 bits per heavy atom. The summed E-state index contributed by atoms with van der Waals surface area (Å²) in [5, 5.41) is 87.0. The van der Waals surface area contributed by atoms with Gasteiger partial charge in [0.1, 0.15) is 48.8 Å². The second-order valence-corrected chi connectivity index (χ2v) is 20.4. The lowest BCUT2D eigenvalue weighted by atomic mass is 9.97. The molecule has 14 heteroatoms. The second kappa shape index (κ2) is 48.8. The maximum Gasteiger partial charge on any atom is 0.220 e. The van der Waals surface area contributed by atoms with Crippen molar-refractivity contribution in [1.29, 1.82) is 0 Å². The summed E-state index contributed by atoms with van der Waals surface area (Å²) in [4.78, 5) is 13.2. The van der Waals surface area contributed by atoms with Gasteiger partial charge in [-0.3, -0.25) is 4.79 Å². The van der Waals surface area contributed by atoms with Crippen molar-refractivity contribution in [3.05, 3.63) is 134 Å². The molecule has 0 saturated carbocycles. The summed E-state index contributed by atoms with van der Waals surface area (Å²) in [7, 11) is 0. The molecular weight excluding hydrogens is 1000 g/mol. The van der Waals surface area contributed by atoms with Crippen LogP contribution in [0, 0.1) is 0 Å². The fourth-order valence-electron chi connectivity index (χ4n) is 8.78. The second-order valence-electron chi connectivity index (χ2n) is 20.4. The predicted molar refractivity (Wildman–Crippen MR) is 318 cm³/mol. The summed E-state index contributed by atoms with van der Waals surface area (Å²) in [5.74, 6) is -0.313. The molecule has 2 rings (SSSR count). The molecule has 2 aliphatic rings. The molecule has 448 valence electrons. The lowest BCUT2D eigenvalue weighted by Crippen LogP contribution is -2.65. The highest BCUT2D eigenvalue weighted by molar-refractivity contribution is 5.76. The number of hydrogen-bond acceptors (Lipinski definition) is 13. The Morgan fingerprint density at radius 2 is 0.886 bits per heavy atom. The third kappa shape index (κ3) is 34.2. The van der Waals surface area contributed by atoms with Gasteiger partial charge in [0.05, 0.1) is 32.0 Å². The molecule has 12 atom stereocenters. The van der Waals surface area contributed by atoms with Crippen molar-refractivity contribution in [1.82, 2.24) is 5.32 Å². The van der Waals surface area contributed by atoms with Crippen molar-refractivity contribution in [2.24, 2.45) is 0 Å². The van der Waals surface area contributed by atoms with E-state index < -0.39 is 86.8 Å². The molecule has 0 aromatic rings. The van der Waals surface area contributed by atoms with E-state index >= 15 is 0 Å². The van der Waals surface area contributed by atoms with Crippen LogP contribution in [0.2, 0.25) is 0 Å². The van der Waals surface area contributed by atoms with E-state index in [1.54, 1.807) is 6.08 Å². The minimum absolute atomic E-state index is 0.184. The molecule has 0 aromatic carbocycles. The lowest BCUT2D eigenvalue weighted by Gasteiger charge is -2.46. The molecule has 0 aromatic heterocycles. The first-order chi connectivity index (χ1) is 38.6. The molecule has 1 amide bonds. The van der Waals surface area contributed by atoms with E-state index in [0.29, 0.717) is 19.3 Å². The maximum atomic E-state index is 13.2. The van der Waals surface area contributed by atoms with Gasteiger partial charge in [0, 0.05) is 6.42 Å². The van der Waals surface area contributed by atoms with Crippen LogP contribution in [0.5, 0.6) is 0 Å². The Balaban J connectivity index is 1.80. The summed E-state index contributed by atoms with van der Waals surface area (Å²) in [6, 6.07) is -0.973. The zero-order valence-electron chi connectivity index (χ0n) is 48.0. The molecule has 14 nitrogen and oxygen atoms in total. The van der Waals surface area contributed by atoms with Crippen LogP contribution in [0.15, 0.2) is 134 Å². The topological polar surface area (TPSA) is 228 Å². The van der Waals surface area contributed by atoms with Gasteiger partial charge in [-0.1, -0.05) is 205 Å². The molecular formula is C65H105NO13. The Bertz CT molecular complexity index is 1830. The Morgan fingerprint density at radius 1 is 0.468 bits per heavy atom. The molecule has 0 spiro atoms. The highest BCUT2D eigenvalue weighted by atomic mass is 16.7. The van der Waals surface area contributed by atoms with E-state index in [1.165, 1.54) is 64.2 Å². The number of rotatable bonds is 45. The van der Waals surface area contributed by atoms with Gasteiger partial charge < -0.3 is 65.1 Å². The van der Waals surface area contributed by atoms with E-state index in [4.69, 9.17) is 18.9 Å². The third-order valence-electron chi connectivity index (χ3n) is 13.6. The van der Waals surface area contributed by atoms with Gasteiger partial charge in [-0.05, 0) is 96.3 Å². The average Bonchev–Trinajstić information content (AvgIpc) is 3.48. The summed E-state index contributed by atoms with van der Waals surface area (Å²) in [6.07, 6.45) is 54.9. The minimum atomic E-state index is -1.80. The predicted octanol–water partition coefficient (Wildman–Crippen LogP) is 10.4. The number of unbranched alkanes of at least 4 members (excludes halogenated alkanes) is 12. The van der Waals surface area contributed by atoms with Crippen LogP contribution >= 0.6 is 0 Å². The first-order valence-corrected chi connectivity index (χ1v) is 29.9. The lowest BCUT2D eigenvalue weighted by molar-refractivity contribution is -0.359. The quantitative estimate of drug-likeness (QED) is 0.0205. The average molecular weight is 1110 g/mol. The van der Waals surface area contributed by atoms with Crippen molar-refractivity contribution in [3.63, 3.8) is 0 Å². The molecule has 9 N–H and O–H groups in total. The first-order valence-electron chi connectivity index (χ1n) is 29.9. The molecule has 2 aliphatic heterocycles. The fraction of sp³-hybridized carbons (Fsp3) is 0.646. The van der Waals surface area contributed by atoms with Crippen LogP contribution in [0.25, 0.3) is 0 Å². The number of hydrogen-bond donors (Lipinski definition) is 9. The van der Waals surface area contributed by atoms with Gasteiger partial charge in [0.25, 0.3) is 0 Å². The fourth-order valence-corrected chi connectivity index (χ4v) is 8.78. The number of allylic oxidation sites excluding steroid dienone is 21. The monoisotopic (exact) mass is 1110 g/mol. The number of aliphatic hydroxyl groups excluding tert-OH is 8. The van der Waals surface area contributed by atoms with Gasteiger partial charge in [0.15, 0.2) is 12.6 Å². The maximum absolute atomic E-state index is 13.2. The number of carbonyl (C=O) groups is 1. The summed E-state index contributed by atoms with van der Waals surface area (Å²) in [6.45, 7) is 2.60. The van der Waals surface area contributed by atoms with Gasteiger partial charge in [-0.2, -0.15) is 0 Å². The molecule has 0 radical (unpaired) electrons. The Hall–Kier alpha value is -3.87. The highest BCUT2D eigenvalue weighted by Gasteiger charge is 2.51. The van der Waals surface area contributed by atoms with E-state index in [0.717, 1.165) is 70.6 Å². The normalized spacial score (nSPS) is 25.4. The van der Waals surface area contributed by atoms with Crippen LogP contribution in [0.4, 0.5) is 0 Å². The molecule has 0 bridgehead atoms. The largest absolute Gasteiger partial charge is 0.394 e. The first kappa shape index (κ1) is 71.2. The summed E-state index contributed by atoms with van der Waals surface area (Å²) in [5.41, 5.74) is 0. The third-order valence-corrected chi connectivity index (χ3v) is 13.6. The van der Waals surface area contributed by atoms with Crippen molar-refractivity contribution in [3.8, 4) is 0 Å². The number of ether oxygens (including phenoxy) is 4. The SMILES string of the molecule is CC/C=C\C/C=C\C/C=C\C/C=C\C/C=C\C/C=C\C/C=C\C/C=C\C/C=C\CCCC(=O)NC(COC1OC(CO)C(OC2OC(CO)C(O)C(O)C2O)C(O)C1O)C(O)/C=C/CC/C=C/CCCCCCCCCCCC. The van der Waals surface area contributed by atoms with Crippen molar-refractivity contribution in [2.75, 3.05) is 19.8 Å². The van der Waals surface area contributed by atoms with Crippen LogP contribution in [-0.4, -0.2) is 140 Å². The number of carbonyl (C=O) groups excluding carboxylic acids is 1. The van der Waals surface area contributed by atoms with E-state index in [1.807, 2.05) is 12.2 Å². The van der Waals surface area contributed by atoms with Crippen LogP contribution < -0.4 is 5.32 Å². The van der Waals surface area contributed by atoms with Crippen LogP contribution in [0.1, 0.15) is 174 Å². The molecule has 79 heavy (non-hydrogen) atoms. The van der Waals surface area contributed by atoms with Crippen LogP contribution in [-0.2, 0) is 23.7 Å². The highest BCUT2D eigenvalue weighted by Crippen LogP contribution is 2.30.